The first-order valence-corrected chi connectivity index (χ1v) is 3.26. The van der Waals surface area contributed by atoms with Crippen LogP contribution in [0.4, 0.5) is 0 Å². The van der Waals surface area contributed by atoms with E-state index in [4.69, 9.17) is 10.2 Å². The summed E-state index contributed by atoms with van der Waals surface area (Å²) >= 11 is 0. The second-order valence-corrected chi connectivity index (χ2v) is 2.31. The molecule has 3 unspecified atom stereocenters. The summed E-state index contributed by atoms with van der Waals surface area (Å²) in [7, 11) is 0. The Hall–Kier alpha value is -0.160. The Balaban J connectivity index is 3.98. The fraction of sp³-hybridized carbons (Fsp3) is 1.00. The minimum absolute atomic E-state index is 0.896. The average Bonchev–Trinajstić information content (AvgIpc) is 1.59. The van der Waals surface area contributed by atoms with E-state index < -0.39 is 18.7 Å². The standard InChI is InChI=1S/C6H14NO3/c1-4(8)7(5(2)9)6(3)10/h4-6,8-9H,1-3H3. The van der Waals surface area contributed by atoms with Crippen molar-refractivity contribution in [3.05, 3.63) is 0 Å². The molecular weight excluding hydrogens is 134 g/mol. The van der Waals surface area contributed by atoms with Gasteiger partial charge in [0.15, 0.2) is 0 Å². The molecule has 0 saturated carbocycles. The maximum absolute atomic E-state index is 10.7. The summed E-state index contributed by atoms with van der Waals surface area (Å²) in [5.74, 6) is 0. The Kier molecular flexibility index (Phi) is 3.81. The molecule has 1 radical (unpaired) electrons. The SMILES string of the molecule is CC([O])N(C(C)O)C(C)O. The van der Waals surface area contributed by atoms with Gasteiger partial charge in [0.25, 0.3) is 0 Å². The molecule has 4 nitrogen and oxygen atoms in total. The summed E-state index contributed by atoms with van der Waals surface area (Å²) < 4.78 is 0. The van der Waals surface area contributed by atoms with Crippen molar-refractivity contribution in [3.8, 4) is 0 Å². The van der Waals surface area contributed by atoms with E-state index in [1.54, 1.807) is 0 Å². The van der Waals surface area contributed by atoms with Gasteiger partial charge in [0.05, 0.1) is 0 Å². The molecule has 3 atom stereocenters. The Morgan fingerprint density at radius 2 is 1.40 bits per heavy atom. The van der Waals surface area contributed by atoms with E-state index in [1.165, 1.54) is 20.8 Å². The van der Waals surface area contributed by atoms with Crippen LogP contribution in [0.2, 0.25) is 0 Å². The highest BCUT2D eigenvalue weighted by atomic mass is 16.4. The minimum atomic E-state index is -1.08. The van der Waals surface area contributed by atoms with Gasteiger partial charge in [-0.2, -0.15) is 0 Å². The zero-order chi connectivity index (χ0) is 8.31. The van der Waals surface area contributed by atoms with Gasteiger partial charge >= 0.3 is 0 Å². The first-order chi connectivity index (χ1) is 4.46. The van der Waals surface area contributed by atoms with Crippen molar-refractivity contribution in [2.24, 2.45) is 0 Å². The zero-order valence-electron chi connectivity index (χ0n) is 6.48. The van der Waals surface area contributed by atoms with Gasteiger partial charge in [0, 0.05) is 0 Å². The van der Waals surface area contributed by atoms with Gasteiger partial charge in [-0.3, -0.25) is 0 Å². The van der Waals surface area contributed by atoms with Gasteiger partial charge in [-0.25, -0.2) is 10.0 Å². The molecule has 0 aromatic rings. The van der Waals surface area contributed by atoms with Crippen LogP contribution < -0.4 is 0 Å². The van der Waals surface area contributed by atoms with Gasteiger partial charge in [-0.05, 0) is 20.8 Å². The highest BCUT2D eigenvalue weighted by molar-refractivity contribution is 4.58. The third-order valence-corrected chi connectivity index (χ3v) is 1.28. The largest absolute Gasteiger partial charge is 0.379 e. The summed E-state index contributed by atoms with van der Waals surface area (Å²) in [6.07, 6.45) is -2.88. The van der Waals surface area contributed by atoms with Crippen LogP contribution in [0.5, 0.6) is 0 Å². The maximum atomic E-state index is 10.7. The molecule has 0 amide bonds. The Morgan fingerprint density at radius 3 is 1.40 bits per heavy atom. The predicted molar refractivity (Wildman–Crippen MR) is 35.3 cm³/mol. The van der Waals surface area contributed by atoms with E-state index in [1.807, 2.05) is 0 Å². The molecule has 0 bridgehead atoms. The van der Waals surface area contributed by atoms with Gasteiger partial charge in [-0.1, -0.05) is 0 Å². The molecule has 0 fully saturated rings. The predicted octanol–water partition coefficient (Wildman–Crippen LogP) is -0.259. The van der Waals surface area contributed by atoms with Crippen molar-refractivity contribution in [2.45, 2.75) is 39.5 Å². The number of hydrogen-bond acceptors (Lipinski definition) is 3. The van der Waals surface area contributed by atoms with Crippen molar-refractivity contribution in [1.82, 2.24) is 4.90 Å². The third-order valence-electron chi connectivity index (χ3n) is 1.28. The highest BCUT2D eigenvalue weighted by Crippen LogP contribution is 2.04. The molecule has 4 heteroatoms. The van der Waals surface area contributed by atoms with Crippen LogP contribution in [0.1, 0.15) is 20.8 Å². The Bertz CT molecular complexity index is 74.0. The smallest absolute Gasteiger partial charge is 0.147 e. The quantitative estimate of drug-likeness (QED) is 0.542. The van der Waals surface area contributed by atoms with E-state index in [2.05, 4.69) is 0 Å². The summed E-state index contributed by atoms with van der Waals surface area (Å²) in [4.78, 5) is 1.06. The third kappa shape index (κ3) is 2.62. The maximum Gasteiger partial charge on any atom is 0.147 e. The average molecular weight is 148 g/mol. The molecule has 0 rings (SSSR count). The lowest BCUT2D eigenvalue weighted by molar-refractivity contribution is -0.178. The molecule has 0 heterocycles. The van der Waals surface area contributed by atoms with Crippen LogP contribution in [0.15, 0.2) is 0 Å². The van der Waals surface area contributed by atoms with Gasteiger partial charge in [0.2, 0.25) is 0 Å². The summed E-state index contributed by atoms with van der Waals surface area (Å²) in [6, 6.07) is 0. The van der Waals surface area contributed by atoms with Gasteiger partial charge in [-0.15, -0.1) is 0 Å². The second-order valence-electron chi connectivity index (χ2n) is 2.31. The Morgan fingerprint density at radius 1 is 1.10 bits per heavy atom. The second kappa shape index (κ2) is 3.88. The molecular formula is C6H14NO3. The lowest BCUT2D eigenvalue weighted by Gasteiger charge is -2.29. The number of aliphatic hydroxyl groups excluding tert-OH is 2. The number of aliphatic hydroxyl groups is 2. The monoisotopic (exact) mass is 148 g/mol. The minimum Gasteiger partial charge on any atom is -0.379 e. The van der Waals surface area contributed by atoms with Gasteiger partial charge < -0.3 is 10.2 Å². The molecule has 2 N–H and O–H groups in total. The number of hydrogen-bond donors (Lipinski definition) is 2. The molecule has 0 aromatic heterocycles. The van der Waals surface area contributed by atoms with Crippen molar-refractivity contribution in [2.75, 3.05) is 0 Å². The number of rotatable bonds is 3. The molecule has 61 valence electrons. The summed E-state index contributed by atoms with van der Waals surface area (Å²) in [6.45, 7) is 4.27. The summed E-state index contributed by atoms with van der Waals surface area (Å²) in [5.41, 5.74) is 0. The van der Waals surface area contributed by atoms with Crippen LogP contribution in [0.3, 0.4) is 0 Å². The molecule has 0 aliphatic heterocycles. The van der Waals surface area contributed by atoms with E-state index in [0.717, 1.165) is 4.90 Å². The van der Waals surface area contributed by atoms with Crippen LogP contribution >= 0.6 is 0 Å². The Labute approximate surface area is 60.7 Å². The lowest BCUT2D eigenvalue weighted by atomic mass is 10.4. The van der Waals surface area contributed by atoms with Crippen molar-refractivity contribution in [1.29, 1.82) is 0 Å². The first-order valence-electron chi connectivity index (χ1n) is 3.26. The first kappa shape index (κ1) is 9.84. The van der Waals surface area contributed by atoms with Crippen molar-refractivity contribution < 1.29 is 15.3 Å². The lowest BCUT2D eigenvalue weighted by Crippen LogP contribution is -2.45. The van der Waals surface area contributed by atoms with E-state index >= 15 is 0 Å². The van der Waals surface area contributed by atoms with E-state index in [9.17, 15) is 5.11 Å². The molecule has 0 aromatic carbocycles. The number of nitrogens with zero attached hydrogens (tertiary/aromatic N) is 1. The van der Waals surface area contributed by atoms with Crippen molar-refractivity contribution in [3.63, 3.8) is 0 Å². The molecule has 0 aliphatic rings. The molecule has 10 heavy (non-hydrogen) atoms. The van der Waals surface area contributed by atoms with Crippen LogP contribution in [0, 0.1) is 0 Å². The van der Waals surface area contributed by atoms with Gasteiger partial charge in [0.1, 0.15) is 18.7 Å². The van der Waals surface area contributed by atoms with E-state index in [0.29, 0.717) is 0 Å². The summed E-state index contributed by atoms with van der Waals surface area (Å²) in [5, 5.41) is 28.6. The molecule has 0 aliphatic carbocycles. The molecule has 0 saturated heterocycles. The normalized spacial score (nSPS) is 20.7. The highest BCUT2D eigenvalue weighted by Gasteiger charge is 2.21. The molecule has 0 spiro atoms. The topological polar surface area (TPSA) is 63.6 Å². The van der Waals surface area contributed by atoms with Crippen LogP contribution in [-0.2, 0) is 5.11 Å². The van der Waals surface area contributed by atoms with E-state index in [-0.39, 0.29) is 0 Å². The van der Waals surface area contributed by atoms with Crippen molar-refractivity contribution >= 4 is 0 Å². The zero-order valence-corrected chi connectivity index (χ0v) is 6.48. The fourth-order valence-electron chi connectivity index (χ4n) is 0.920. The van der Waals surface area contributed by atoms with Crippen LogP contribution in [0.25, 0.3) is 0 Å². The fourth-order valence-corrected chi connectivity index (χ4v) is 0.920. The van der Waals surface area contributed by atoms with Crippen LogP contribution in [-0.4, -0.2) is 33.8 Å².